The van der Waals surface area contributed by atoms with Gasteiger partial charge in [-0.1, -0.05) is 29.4 Å². The summed E-state index contributed by atoms with van der Waals surface area (Å²) in [5.41, 5.74) is 4.47. The Morgan fingerprint density at radius 3 is 2.60 bits per heavy atom. The molecular weight excluding hydrogens is 312 g/mol. The maximum atomic E-state index is 12.5. The van der Waals surface area contributed by atoms with Crippen molar-refractivity contribution in [3.8, 4) is 5.75 Å². The van der Waals surface area contributed by atoms with E-state index in [1.807, 2.05) is 30.3 Å². The van der Waals surface area contributed by atoms with E-state index in [1.54, 1.807) is 7.11 Å². The van der Waals surface area contributed by atoms with E-state index in [2.05, 4.69) is 26.0 Å². The first kappa shape index (κ1) is 17.5. The first-order chi connectivity index (χ1) is 12.1. The minimum absolute atomic E-state index is 0.117. The van der Waals surface area contributed by atoms with E-state index in [0.717, 1.165) is 42.6 Å². The molecule has 0 spiro atoms. The van der Waals surface area contributed by atoms with E-state index in [4.69, 9.17) is 9.47 Å². The van der Waals surface area contributed by atoms with Gasteiger partial charge in [0.25, 0.3) is 0 Å². The lowest BCUT2D eigenvalue weighted by Crippen LogP contribution is -2.15. The number of methoxy groups -OCH3 is 1. The fourth-order valence-electron chi connectivity index (χ4n) is 3.51. The molecular formula is C22H26O3. The normalized spacial score (nSPS) is 29.9. The molecule has 2 atom stereocenters. The predicted octanol–water partition coefficient (Wildman–Crippen LogP) is 5.09. The Bertz CT molecular complexity index is 722. The number of carbonyl (C=O) groups excluding carboxylic acids is 1. The Labute approximate surface area is 150 Å². The highest BCUT2D eigenvalue weighted by atomic mass is 16.6. The van der Waals surface area contributed by atoms with E-state index in [1.165, 1.54) is 11.1 Å². The molecule has 3 nitrogen and oxygen atoms in total. The molecule has 1 fully saturated rings. The maximum absolute atomic E-state index is 12.5. The minimum Gasteiger partial charge on any atom is -0.497 e. The molecule has 0 bridgehead atoms. The molecule has 1 aliphatic carbocycles. The van der Waals surface area contributed by atoms with Crippen molar-refractivity contribution >= 4 is 12.0 Å². The van der Waals surface area contributed by atoms with Gasteiger partial charge in [-0.2, -0.15) is 0 Å². The van der Waals surface area contributed by atoms with E-state index >= 15 is 0 Å². The van der Waals surface area contributed by atoms with Crippen molar-refractivity contribution in [1.82, 2.24) is 0 Å². The summed E-state index contributed by atoms with van der Waals surface area (Å²) in [4.78, 5) is 12.5. The second-order valence-electron chi connectivity index (χ2n) is 6.99. The van der Waals surface area contributed by atoms with Gasteiger partial charge in [0, 0.05) is 11.5 Å². The number of ether oxygens (including phenoxy) is 2. The summed E-state index contributed by atoms with van der Waals surface area (Å²) in [7, 11) is 1.65. The van der Waals surface area contributed by atoms with E-state index in [-0.39, 0.29) is 18.0 Å². The number of esters is 1. The lowest BCUT2D eigenvalue weighted by Gasteiger charge is -2.17. The molecule has 0 aromatic heterocycles. The molecule has 0 saturated carbocycles. The Kier molecular flexibility index (Phi) is 5.42. The number of allylic oxidation sites excluding steroid dienone is 3. The first-order valence-electron chi connectivity index (χ1n) is 8.96. The van der Waals surface area contributed by atoms with Gasteiger partial charge in [0.1, 0.15) is 11.9 Å². The smallest absolute Gasteiger partial charge is 0.335 e. The summed E-state index contributed by atoms with van der Waals surface area (Å²) in [6.07, 6.45) is 10.3. The van der Waals surface area contributed by atoms with Crippen molar-refractivity contribution < 1.29 is 14.3 Å². The molecule has 2 aliphatic rings. The molecule has 1 aromatic rings. The second kappa shape index (κ2) is 7.73. The summed E-state index contributed by atoms with van der Waals surface area (Å²) < 4.78 is 10.9. The lowest BCUT2D eigenvalue weighted by molar-refractivity contribution is -0.137. The zero-order valence-electron chi connectivity index (χ0n) is 15.2. The average Bonchev–Trinajstić information content (AvgIpc) is 2.88. The van der Waals surface area contributed by atoms with Gasteiger partial charge in [-0.3, -0.25) is 0 Å². The summed E-state index contributed by atoms with van der Waals surface area (Å²) in [6, 6.07) is 7.76. The molecule has 3 rings (SSSR count). The van der Waals surface area contributed by atoms with E-state index < -0.39 is 0 Å². The van der Waals surface area contributed by atoms with Gasteiger partial charge in [0.15, 0.2) is 0 Å². The number of benzene rings is 1. The van der Waals surface area contributed by atoms with Crippen molar-refractivity contribution in [3.05, 3.63) is 58.7 Å². The fraction of sp³-hybridized carbons (Fsp3) is 0.409. The minimum atomic E-state index is -0.184. The third-order valence-electron chi connectivity index (χ3n) is 5.04. The van der Waals surface area contributed by atoms with Crippen LogP contribution >= 0.6 is 0 Å². The van der Waals surface area contributed by atoms with Crippen LogP contribution in [0.25, 0.3) is 6.08 Å². The van der Waals surface area contributed by atoms with Crippen LogP contribution in [0.15, 0.2) is 53.1 Å². The number of carbonyl (C=O) groups is 1. The average molecular weight is 338 g/mol. The van der Waals surface area contributed by atoms with E-state index in [0.29, 0.717) is 0 Å². The molecule has 25 heavy (non-hydrogen) atoms. The van der Waals surface area contributed by atoms with Gasteiger partial charge in [0.05, 0.1) is 7.11 Å². The summed E-state index contributed by atoms with van der Waals surface area (Å²) in [5.74, 6) is 0.744. The number of hydrogen-bond acceptors (Lipinski definition) is 3. The van der Waals surface area contributed by atoms with Crippen molar-refractivity contribution in [2.45, 2.75) is 45.6 Å². The third kappa shape index (κ3) is 4.22. The van der Waals surface area contributed by atoms with Crippen LogP contribution in [0.2, 0.25) is 0 Å². The van der Waals surface area contributed by atoms with Crippen molar-refractivity contribution in [3.63, 3.8) is 0 Å². The fourth-order valence-corrected chi connectivity index (χ4v) is 3.51. The van der Waals surface area contributed by atoms with Gasteiger partial charge in [-0.15, -0.1) is 0 Å². The molecule has 0 N–H and O–H groups in total. The van der Waals surface area contributed by atoms with Crippen molar-refractivity contribution in [2.75, 3.05) is 7.11 Å². The quantitative estimate of drug-likeness (QED) is 0.428. The molecule has 1 saturated heterocycles. The Morgan fingerprint density at radius 1 is 1.12 bits per heavy atom. The molecule has 1 aromatic carbocycles. The van der Waals surface area contributed by atoms with Gasteiger partial charge in [0.2, 0.25) is 0 Å². The monoisotopic (exact) mass is 338 g/mol. The topological polar surface area (TPSA) is 35.5 Å². The van der Waals surface area contributed by atoms with Gasteiger partial charge < -0.3 is 9.47 Å². The van der Waals surface area contributed by atoms with Crippen LogP contribution in [0.1, 0.15) is 45.1 Å². The number of rotatable bonds is 2. The van der Waals surface area contributed by atoms with E-state index in [9.17, 15) is 4.79 Å². The van der Waals surface area contributed by atoms with Gasteiger partial charge in [-0.05, 0) is 69.4 Å². The van der Waals surface area contributed by atoms with Crippen LogP contribution < -0.4 is 4.74 Å². The van der Waals surface area contributed by atoms with Crippen LogP contribution in [0.3, 0.4) is 0 Å². The summed E-state index contributed by atoms with van der Waals surface area (Å²) >= 11 is 0. The van der Waals surface area contributed by atoms with Crippen LogP contribution in [-0.4, -0.2) is 19.2 Å². The van der Waals surface area contributed by atoms with Gasteiger partial charge in [-0.25, -0.2) is 4.79 Å². The summed E-state index contributed by atoms with van der Waals surface area (Å²) in [6.45, 7) is 4.31. The third-order valence-corrected chi connectivity index (χ3v) is 5.04. The predicted molar refractivity (Wildman–Crippen MR) is 100 cm³/mol. The van der Waals surface area contributed by atoms with Crippen LogP contribution in [0.5, 0.6) is 5.75 Å². The summed E-state index contributed by atoms with van der Waals surface area (Å²) in [5, 5.41) is 0. The van der Waals surface area contributed by atoms with Gasteiger partial charge >= 0.3 is 5.97 Å². The number of hydrogen-bond donors (Lipinski definition) is 0. The highest BCUT2D eigenvalue weighted by molar-refractivity contribution is 5.96. The van der Waals surface area contributed by atoms with Crippen LogP contribution in [0.4, 0.5) is 0 Å². The first-order valence-corrected chi connectivity index (χ1v) is 8.96. The Morgan fingerprint density at radius 2 is 1.88 bits per heavy atom. The molecule has 1 aliphatic heterocycles. The van der Waals surface area contributed by atoms with Crippen LogP contribution in [-0.2, 0) is 9.53 Å². The van der Waals surface area contributed by atoms with Crippen LogP contribution in [0, 0.1) is 5.92 Å². The lowest BCUT2D eigenvalue weighted by atomic mass is 9.86. The SMILES string of the molecule is COc1ccc(/C=C2/C(=O)O[C@@H]3/C=C(/C)CC/C=C(/C)CC[C@H]23)cc1. The molecule has 0 unspecified atom stereocenters. The highest BCUT2D eigenvalue weighted by Gasteiger charge is 2.38. The zero-order valence-corrected chi connectivity index (χ0v) is 15.2. The highest BCUT2D eigenvalue weighted by Crippen LogP contribution is 2.36. The molecule has 0 amide bonds. The second-order valence-corrected chi connectivity index (χ2v) is 6.99. The maximum Gasteiger partial charge on any atom is 0.335 e. The molecule has 1 heterocycles. The molecule has 0 radical (unpaired) electrons. The zero-order chi connectivity index (χ0) is 17.8. The Balaban J connectivity index is 1.91. The standard InChI is InChI=1S/C22H26O3/c1-15-5-4-6-16(2)13-21-19(12-7-15)20(22(23)25-21)14-17-8-10-18(24-3)11-9-17/h5,8-11,13-14,19,21H,4,6-7,12H2,1-3H3/b15-5-,16-13-,20-14+/t19-,21-/m1/s1. The molecule has 3 heteroatoms. The molecule has 132 valence electrons. The van der Waals surface area contributed by atoms with Crippen molar-refractivity contribution in [1.29, 1.82) is 0 Å². The number of fused-ring (bicyclic) bond motifs is 1. The Hall–Kier alpha value is -2.29. The largest absolute Gasteiger partial charge is 0.497 e. The van der Waals surface area contributed by atoms with Crippen molar-refractivity contribution in [2.24, 2.45) is 5.92 Å².